The highest BCUT2D eigenvalue weighted by molar-refractivity contribution is 14.1. The lowest BCUT2D eigenvalue weighted by Crippen LogP contribution is -1.88. The van der Waals surface area contributed by atoms with E-state index in [0.717, 1.165) is 25.0 Å². The second-order valence-corrected chi connectivity index (χ2v) is 3.34. The molecule has 1 aromatic carbocycles. The molecule has 0 aromatic heterocycles. The molecule has 0 amide bonds. The largest absolute Gasteiger partial charge is 0.428 e. The molecule has 0 heterocycles. The predicted molar refractivity (Wildman–Crippen MR) is 61.1 cm³/mol. The average molecular weight is 292 g/mol. The zero-order valence-electron chi connectivity index (χ0n) is 7.37. The van der Waals surface area contributed by atoms with E-state index >= 15 is 0 Å². The lowest BCUT2D eigenvalue weighted by Gasteiger charge is -2.01. The minimum Gasteiger partial charge on any atom is -0.428 e. The van der Waals surface area contributed by atoms with E-state index in [2.05, 4.69) is 12.1 Å². The van der Waals surface area contributed by atoms with Gasteiger partial charge in [-0.2, -0.15) is 0 Å². The Balaban J connectivity index is 2.40. The topological polar surface area (TPSA) is 29.5 Å². The van der Waals surface area contributed by atoms with Gasteiger partial charge in [0.2, 0.25) is 0 Å². The molecule has 0 atom stereocenters. The van der Waals surface area contributed by atoms with Crippen LogP contribution in [-0.4, -0.2) is 11.7 Å². The fourth-order valence-electron chi connectivity index (χ4n) is 1.15. The van der Waals surface area contributed by atoms with Crippen molar-refractivity contribution in [1.82, 2.24) is 0 Å². The molecular formula is C10H13IO2. The van der Waals surface area contributed by atoms with Gasteiger partial charge in [0.1, 0.15) is 5.75 Å². The minimum absolute atomic E-state index is 0.287. The first-order valence-electron chi connectivity index (χ1n) is 4.35. The van der Waals surface area contributed by atoms with Crippen molar-refractivity contribution in [2.24, 2.45) is 0 Å². The first-order valence-corrected chi connectivity index (χ1v) is 5.23. The zero-order valence-corrected chi connectivity index (χ0v) is 9.53. The van der Waals surface area contributed by atoms with Crippen molar-refractivity contribution in [3.05, 3.63) is 29.8 Å². The first-order chi connectivity index (χ1) is 6.36. The van der Waals surface area contributed by atoms with Crippen molar-refractivity contribution in [1.29, 1.82) is 0 Å². The Bertz CT molecular complexity index is 233. The van der Waals surface area contributed by atoms with Gasteiger partial charge >= 0.3 is 0 Å². The van der Waals surface area contributed by atoms with Crippen LogP contribution in [0.25, 0.3) is 0 Å². The maximum atomic E-state index is 8.61. The molecule has 1 aromatic rings. The van der Waals surface area contributed by atoms with Crippen LogP contribution in [0, 0.1) is 0 Å². The van der Waals surface area contributed by atoms with Crippen molar-refractivity contribution >= 4 is 23.0 Å². The molecule has 0 aliphatic carbocycles. The number of aliphatic hydroxyl groups excluding tert-OH is 1. The van der Waals surface area contributed by atoms with Crippen LogP contribution in [0.5, 0.6) is 5.75 Å². The summed E-state index contributed by atoms with van der Waals surface area (Å²) in [6.45, 7) is 0.287. The normalized spacial score (nSPS) is 10.0. The minimum atomic E-state index is 0.287. The number of rotatable bonds is 5. The maximum Gasteiger partial charge on any atom is 0.192 e. The zero-order chi connectivity index (χ0) is 9.52. The van der Waals surface area contributed by atoms with Crippen molar-refractivity contribution in [3.8, 4) is 5.75 Å². The van der Waals surface area contributed by atoms with Gasteiger partial charge in [0.05, 0.1) is 0 Å². The van der Waals surface area contributed by atoms with Gasteiger partial charge in [-0.1, -0.05) is 12.1 Å². The van der Waals surface area contributed by atoms with E-state index in [-0.39, 0.29) is 6.61 Å². The van der Waals surface area contributed by atoms with Gasteiger partial charge in [0.15, 0.2) is 23.0 Å². The van der Waals surface area contributed by atoms with Crippen molar-refractivity contribution in [2.45, 2.75) is 19.3 Å². The molecule has 2 nitrogen and oxygen atoms in total. The van der Waals surface area contributed by atoms with Gasteiger partial charge in [0.25, 0.3) is 0 Å². The molecular weight excluding hydrogens is 279 g/mol. The predicted octanol–water partition coefficient (Wildman–Crippen LogP) is 2.73. The van der Waals surface area contributed by atoms with Crippen LogP contribution in [-0.2, 0) is 6.42 Å². The monoisotopic (exact) mass is 292 g/mol. The molecule has 0 spiro atoms. The molecule has 0 saturated carbocycles. The number of aliphatic hydroxyl groups is 1. The summed E-state index contributed by atoms with van der Waals surface area (Å²) < 4.78 is 5.02. The van der Waals surface area contributed by atoms with E-state index in [9.17, 15) is 0 Å². The summed E-state index contributed by atoms with van der Waals surface area (Å²) in [5.41, 5.74) is 1.30. The molecule has 13 heavy (non-hydrogen) atoms. The molecule has 0 radical (unpaired) electrons. The molecule has 0 saturated heterocycles. The van der Waals surface area contributed by atoms with E-state index in [1.807, 2.05) is 35.1 Å². The van der Waals surface area contributed by atoms with Crippen LogP contribution < -0.4 is 3.07 Å². The van der Waals surface area contributed by atoms with E-state index in [0.29, 0.717) is 0 Å². The van der Waals surface area contributed by atoms with Crippen LogP contribution in [0.4, 0.5) is 0 Å². The number of benzene rings is 1. The summed E-state index contributed by atoms with van der Waals surface area (Å²) in [6, 6.07) is 8.04. The van der Waals surface area contributed by atoms with Gasteiger partial charge in [-0.05, 0) is 37.0 Å². The standard InChI is InChI=1S/C10H13IO2/c11-13-10-6-4-9(5-7-10)3-1-2-8-12/h4-7,12H,1-3,8H2. The molecule has 72 valence electrons. The van der Waals surface area contributed by atoms with Crippen molar-refractivity contribution in [2.75, 3.05) is 6.61 Å². The van der Waals surface area contributed by atoms with Gasteiger partial charge in [0, 0.05) is 6.61 Å². The van der Waals surface area contributed by atoms with E-state index in [1.165, 1.54) is 5.56 Å². The summed E-state index contributed by atoms with van der Waals surface area (Å²) in [5, 5.41) is 8.61. The first kappa shape index (κ1) is 10.8. The number of halogens is 1. The Labute approximate surface area is 92.6 Å². The molecule has 1 N–H and O–H groups in total. The molecule has 1 rings (SSSR count). The van der Waals surface area contributed by atoms with Crippen LogP contribution in [0.2, 0.25) is 0 Å². The molecule has 0 aliphatic heterocycles. The molecule has 3 heteroatoms. The average Bonchev–Trinajstić information content (AvgIpc) is 2.19. The molecule has 0 aliphatic rings. The Morgan fingerprint density at radius 2 is 1.85 bits per heavy atom. The summed E-state index contributed by atoms with van der Waals surface area (Å²) >= 11 is 1.87. The van der Waals surface area contributed by atoms with E-state index in [4.69, 9.17) is 8.17 Å². The van der Waals surface area contributed by atoms with E-state index in [1.54, 1.807) is 0 Å². The molecule has 0 unspecified atom stereocenters. The third-order valence-electron chi connectivity index (χ3n) is 1.89. The van der Waals surface area contributed by atoms with Crippen LogP contribution >= 0.6 is 23.0 Å². The lowest BCUT2D eigenvalue weighted by atomic mass is 10.1. The SMILES string of the molecule is OCCCCc1ccc(OI)cc1. The maximum absolute atomic E-state index is 8.61. The van der Waals surface area contributed by atoms with Gasteiger partial charge < -0.3 is 8.17 Å². The van der Waals surface area contributed by atoms with Crippen LogP contribution in [0.15, 0.2) is 24.3 Å². The fourth-order valence-corrected chi connectivity index (χ4v) is 1.44. The summed E-state index contributed by atoms with van der Waals surface area (Å²) in [7, 11) is 0. The quantitative estimate of drug-likeness (QED) is 0.668. The van der Waals surface area contributed by atoms with Crippen molar-refractivity contribution in [3.63, 3.8) is 0 Å². The Hall–Kier alpha value is -0.290. The highest BCUT2D eigenvalue weighted by Gasteiger charge is 1.94. The van der Waals surface area contributed by atoms with Gasteiger partial charge in [-0.15, -0.1) is 0 Å². The van der Waals surface area contributed by atoms with Crippen LogP contribution in [0.3, 0.4) is 0 Å². The second kappa shape index (κ2) is 6.21. The summed E-state index contributed by atoms with van der Waals surface area (Å²) in [5.74, 6) is 0.881. The number of aryl methyl sites for hydroxylation is 1. The molecule has 0 bridgehead atoms. The fraction of sp³-hybridized carbons (Fsp3) is 0.400. The number of hydrogen-bond acceptors (Lipinski definition) is 2. The summed E-state index contributed by atoms with van der Waals surface area (Å²) in [4.78, 5) is 0. The van der Waals surface area contributed by atoms with Gasteiger partial charge in [-0.25, -0.2) is 0 Å². The summed E-state index contributed by atoms with van der Waals surface area (Å²) in [6.07, 6.45) is 2.95. The highest BCUT2D eigenvalue weighted by atomic mass is 127. The Kier molecular flexibility index (Phi) is 5.15. The number of hydrogen-bond donors (Lipinski definition) is 1. The third-order valence-corrected chi connectivity index (χ3v) is 2.39. The Morgan fingerprint density at radius 1 is 1.15 bits per heavy atom. The van der Waals surface area contributed by atoms with Gasteiger partial charge in [-0.3, -0.25) is 0 Å². The third kappa shape index (κ3) is 3.95. The highest BCUT2D eigenvalue weighted by Crippen LogP contribution is 2.15. The number of unbranched alkanes of at least 4 members (excludes halogenated alkanes) is 1. The van der Waals surface area contributed by atoms with Crippen molar-refractivity contribution < 1.29 is 8.17 Å². The molecule has 0 fully saturated rings. The van der Waals surface area contributed by atoms with Crippen LogP contribution in [0.1, 0.15) is 18.4 Å². The smallest absolute Gasteiger partial charge is 0.192 e. The second-order valence-electron chi connectivity index (χ2n) is 2.90. The lowest BCUT2D eigenvalue weighted by molar-refractivity contribution is 0.284. The van der Waals surface area contributed by atoms with E-state index < -0.39 is 0 Å². The Morgan fingerprint density at radius 3 is 2.38 bits per heavy atom.